The molecule has 7 heteroatoms. The number of hydrogen-bond donors (Lipinski definition) is 1. The fourth-order valence-electron chi connectivity index (χ4n) is 4.05. The first-order valence-electron chi connectivity index (χ1n) is 10.7. The van der Waals surface area contributed by atoms with Crippen molar-refractivity contribution in [2.75, 3.05) is 23.0 Å². The van der Waals surface area contributed by atoms with Crippen molar-refractivity contribution >= 4 is 32.8 Å². The summed E-state index contributed by atoms with van der Waals surface area (Å²) >= 11 is 0. The Bertz CT molecular complexity index is 994. The van der Waals surface area contributed by atoms with E-state index in [-0.39, 0.29) is 5.91 Å². The third-order valence-corrected chi connectivity index (χ3v) is 7.23. The summed E-state index contributed by atoms with van der Waals surface area (Å²) in [6.07, 6.45) is 11.9. The number of anilines is 2. The van der Waals surface area contributed by atoms with Crippen LogP contribution in [0.3, 0.4) is 0 Å². The predicted molar refractivity (Wildman–Crippen MR) is 123 cm³/mol. The van der Waals surface area contributed by atoms with E-state index < -0.39 is 9.52 Å². The van der Waals surface area contributed by atoms with Gasteiger partial charge in [0.2, 0.25) is 0 Å². The van der Waals surface area contributed by atoms with Gasteiger partial charge in [-0.3, -0.25) is 9.00 Å². The quantitative estimate of drug-likeness (QED) is 0.678. The van der Waals surface area contributed by atoms with Crippen LogP contribution in [-0.4, -0.2) is 44.8 Å². The van der Waals surface area contributed by atoms with Gasteiger partial charge in [-0.25, -0.2) is 9.97 Å². The lowest BCUT2D eigenvalue weighted by atomic mass is 9.94. The molecule has 2 fully saturated rings. The minimum absolute atomic E-state index is 0.270. The summed E-state index contributed by atoms with van der Waals surface area (Å²) < 4.78 is 12.0. The van der Waals surface area contributed by atoms with Crippen molar-refractivity contribution in [1.82, 2.24) is 9.97 Å². The zero-order valence-corrected chi connectivity index (χ0v) is 18.4. The minimum atomic E-state index is -2.27. The molecule has 0 bridgehead atoms. The van der Waals surface area contributed by atoms with Crippen molar-refractivity contribution in [2.45, 2.75) is 55.9 Å². The van der Waals surface area contributed by atoms with Crippen LogP contribution in [0.25, 0.3) is 0 Å². The predicted octanol–water partition coefficient (Wildman–Crippen LogP) is 3.98. The maximum atomic E-state index is 12.8. The summed E-state index contributed by atoms with van der Waals surface area (Å²) in [6, 6.07) is 9.27. The number of aromatic nitrogens is 2. The van der Waals surface area contributed by atoms with Crippen LogP contribution in [0, 0.1) is 5.92 Å². The topological polar surface area (TPSA) is 75.2 Å². The third-order valence-electron chi connectivity index (χ3n) is 5.96. The van der Waals surface area contributed by atoms with Gasteiger partial charge in [-0.05, 0) is 71.3 Å². The van der Waals surface area contributed by atoms with E-state index in [9.17, 15) is 9.00 Å². The van der Waals surface area contributed by atoms with E-state index in [0.717, 1.165) is 18.3 Å². The van der Waals surface area contributed by atoms with Crippen LogP contribution in [0.5, 0.6) is 0 Å². The van der Waals surface area contributed by atoms with Gasteiger partial charge in [-0.15, -0.1) is 0 Å². The highest BCUT2D eigenvalue weighted by Gasteiger charge is 2.30. The van der Waals surface area contributed by atoms with Crippen LogP contribution < -0.4 is 10.2 Å². The molecule has 0 saturated heterocycles. The lowest BCUT2D eigenvalue weighted by molar-refractivity contribution is 0.102. The molecular weight excluding hydrogens is 396 g/mol. The molecule has 30 heavy (non-hydrogen) atoms. The van der Waals surface area contributed by atoms with Crippen molar-refractivity contribution in [3.63, 3.8) is 0 Å². The van der Waals surface area contributed by atoms with E-state index in [1.807, 2.05) is 6.07 Å². The maximum Gasteiger partial charge on any atom is 0.274 e. The van der Waals surface area contributed by atoms with Crippen LogP contribution >= 0.6 is 0 Å². The highest BCUT2D eigenvalue weighted by Crippen LogP contribution is 2.34. The highest BCUT2D eigenvalue weighted by molar-refractivity contribution is 7.99. The van der Waals surface area contributed by atoms with Crippen LogP contribution in [0.1, 0.15) is 55.4 Å². The second-order valence-corrected chi connectivity index (χ2v) is 11.1. The lowest BCUT2D eigenvalue weighted by Gasteiger charge is -2.35. The summed E-state index contributed by atoms with van der Waals surface area (Å²) in [5.41, 5.74) is 0.992. The SMILES string of the molecule is C=S(C)(=O)c1ccc(NC(=O)c2cc(N(CC3CC3)C3CCCCC3)ncn2)cc1. The first-order chi connectivity index (χ1) is 14.4. The van der Waals surface area contributed by atoms with Gasteiger partial charge >= 0.3 is 0 Å². The standard InChI is InChI=1S/C23H30N4O2S/c1-30(2,29)20-12-10-18(11-13-20)26-23(28)21-14-22(25-16-24-21)27(15-17-8-9-17)19-6-4-3-5-7-19/h10-14,16-17,19H,1,3-9,15H2,2H3,(H,26,28). The Labute approximate surface area is 179 Å². The first-order valence-corrected chi connectivity index (χ1v) is 12.9. The van der Waals surface area contributed by atoms with Gasteiger partial charge in [-0.1, -0.05) is 19.3 Å². The van der Waals surface area contributed by atoms with Gasteiger partial charge in [0.05, 0.1) is 0 Å². The third kappa shape index (κ3) is 5.19. The van der Waals surface area contributed by atoms with Crippen LogP contribution in [0.4, 0.5) is 11.5 Å². The molecule has 4 rings (SSSR count). The summed E-state index contributed by atoms with van der Waals surface area (Å²) in [4.78, 5) is 24.6. The van der Waals surface area contributed by atoms with E-state index in [4.69, 9.17) is 0 Å². The Morgan fingerprint density at radius 3 is 2.47 bits per heavy atom. The molecule has 0 spiro atoms. The summed E-state index contributed by atoms with van der Waals surface area (Å²) in [6.45, 7) is 1.02. The first kappa shape index (κ1) is 20.8. The van der Waals surface area contributed by atoms with Crippen LogP contribution in [0.2, 0.25) is 0 Å². The molecule has 0 aliphatic heterocycles. The molecule has 6 nitrogen and oxygen atoms in total. The molecular formula is C23H30N4O2S. The van der Waals surface area contributed by atoms with Crippen molar-refractivity contribution in [3.05, 3.63) is 42.4 Å². The second-order valence-electron chi connectivity index (χ2n) is 8.63. The van der Waals surface area contributed by atoms with Gasteiger partial charge < -0.3 is 10.2 Å². The number of carbonyl (C=O) groups is 1. The molecule has 1 unspecified atom stereocenters. The molecule has 0 radical (unpaired) electrons. The zero-order chi connectivity index (χ0) is 21.1. The Kier molecular flexibility index (Phi) is 6.09. The molecule has 1 aromatic heterocycles. The largest absolute Gasteiger partial charge is 0.353 e. The van der Waals surface area contributed by atoms with Gasteiger partial charge in [0.1, 0.15) is 17.8 Å². The number of rotatable bonds is 7. The molecule has 2 aliphatic carbocycles. The fraction of sp³-hybridized carbons (Fsp3) is 0.478. The van der Waals surface area contributed by atoms with Crippen LogP contribution in [0.15, 0.2) is 41.6 Å². The Morgan fingerprint density at radius 2 is 1.83 bits per heavy atom. The molecule has 2 saturated carbocycles. The highest BCUT2D eigenvalue weighted by atomic mass is 32.2. The molecule has 1 heterocycles. The van der Waals surface area contributed by atoms with E-state index in [2.05, 4.69) is 26.1 Å². The average Bonchev–Trinajstić information content (AvgIpc) is 3.57. The minimum Gasteiger partial charge on any atom is -0.353 e. The normalized spacial score (nSPS) is 19.1. The Morgan fingerprint density at radius 1 is 1.13 bits per heavy atom. The number of amides is 1. The van der Waals surface area contributed by atoms with Gasteiger partial charge in [0.25, 0.3) is 5.91 Å². The van der Waals surface area contributed by atoms with Crippen molar-refractivity contribution < 1.29 is 9.00 Å². The Balaban J connectivity index is 1.50. The molecule has 2 aliphatic rings. The number of nitrogens with zero attached hydrogens (tertiary/aromatic N) is 3. The van der Waals surface area contributed by atoms with Crippen molar-refractivity contribution in [1.29, 1.82) is 0 Å². The second kappa shape index (κ2) is 8.76. The summed E-state index contributed by atoms with van der Waals surface area (Å²) in [7, 11) is -2.27. The Hall–Kier alpha value is -2.41. The molecule has 1 aromatic carbocycles. The fourth-order valence-corrected chi connectivity index (χ4v) is 4.76. The number of benzene rings is 1. The van der Waals surface area contributed by atoms with E-state index >= 15 is 0 Å². The maximum absolute atomic E-state index is 12.8. The van der Waals surface area contributed by atoms with Crippen LogP contribution in [-0.2, 0) is 9.52 Å². The van der Waals surface area contributed by atoms with Crippen molar-refractivity contribution in [3.8, 4) is 0 Å². The molecule has 1 amide bonds. The summed E-state index contributed by atoms with van der Waals surface area (Å²) in [5.74, 6) is 5.02. The number of nitrogens with one attached hydrogen (secondary N) is 1. The van der Waals surface area contributed by atoms with Gasteiger partial charge in [-0.2, -0.15) is 0 Å². The molecule has 2 aromatic rings. The number of hydrogen-bond acceptors (Lipinski definition) is 5. The molecule has 160 valence electrons. The monoisotopic (exact) mass is 426 g/mol. The smallest absolute Gasteiger partial charge is 0.274 e. The molecule has 1 N–H and O–H groups in total. The average molecular weight is 427 g/mol. The molecule has 1 atom stereocenters. The van der Waals surface area contributed by atoms with Gasteiger partial charge in [0.15, 0.2) is 0 Å². The lowest BCUT2D eigenvalue weighted by Crippen LogP contribution is -2.39. The van der Waals surface area contributed by atoms with E-state index in [1.54, 1.807) is 30.5 Å². The van der Waals surface area contributed by atoms with Gasteiger partial charge in [0, 0.05) is 35.5 Å². The summed E-state index contributed by atoms with van der Waals surface area (Å²) in [5, 5.41) is 2.87. The number of carbonyl (C=O) groups excluding carboxylic acids is 1. The van der Waals surface area contributed by atoms with E-state index in [0.29, 0.717) is 22.3 Å². The van der Waals surface area contributed by atoms with Crippen molar-refractivity contribution in [2.24, 2.45) is 5.92 Å². The zero-order valence-electron chi connectivity index (χ0n) is 17.5. The van der Waals surface area contributed by atoms with E-state index in [1.165, 1.54) is 51.3 Å².